The fourth-order valence-corrected chi connectivity index (χ4v) is 7.24. The van der Waals surface area contributed by atoms with Crippen LogP contribution in [0.4, 0.5) is 0 Å². The molecule has 0 heterocycles. The normalized spacial score (nSPS) is 14.4. The quantitative estimate of drug-likeness (QED) is 0.0313. The topological polar surface area (TPSA) is 110 Å². The lowest BCUT2D eigenvalue weighted by atomic mass is 10.00. The van der Waals surface area contributed by atoms with Crippen molar-refractivity contribution in [3.63, 3.8) is 0 Å². The first kappa shape index (κ1) is 53.5. The van der Waals surface area contributed by atoms with Gasteiger partial charge in [-0.25, -0.2) is 0 Å². The first-order valence-corrected chi connectivity index (χ1v) is 23.9. The van der Waals surface area contributed by atoms with Crippen LogP contribution in [0.3, 0.4) is 0 Å². The van der Waals surface area contributed by atoms with E-state index in [0.717, 1.165) is 51.4 Å². The van der Waals surface area contributed by atoms with E-state index in [0.29, 0.717) is 19.3 Å². The predicted octanol–water partition coefficient (Wildman–Crippen LogP) is 12.9. The van der Waals surface area contributed by atoms with Crippen molar-refractivity contribution in [3.05, 3.63) is 36.5 Å². The number of hydrogen-bond donors (Lipinski definition) is 5. The number of aliphatic hydroxyl groups excluding tert-OH is 4. The minimum absolute atomic E-state index is 0.353. The first-order chi connectivity index (χ1) is 27.0. The number of carbonyl (C=O) groups is 1. The van der Waals surface area contributed by atoms with Gasteiger partial charge in [-0.15, -0.1) is 0 Å². The monoisotopic (exact) mass is 776 g/mol. The Morgan fingerprint density at radius 1 is 0.436 bits per heavy atom. The van der Waals surface area contributed by atoms with E-state index in [9.17, 15) is 25.2 Å². The van der Waals surface area contributed by atoms with E-state index in [1.807, 2.05) is 0 Å². The van der Waals surface area contributed by atoms with Crippen LogP contribution in [-0.4, -0.2) is 57.3 Å². The van der Waals surface area contributed by atoms with Gasteiger partial charge in [0.1, 0.15) is 12.2 Å². The van der Waals surface area contributed by atoms with E-state index in [1.165, 1.54) is 154 Å². The molecule has 0 spiro atoms. The van der Waals surface area contributed by atoms with E-state index < -0.39 is 36.9 Å². The molecule has 0 fully saturated rings. The van der Waals surface area contributed by atoms with Gasteiger partial charge in [0.15, 0.2) is 0 Å². The molecule has 1 amide bonds. The molecule has 4 unspecified atom stereocenters. The Kier molecular flexibility index (Phi) is 42.5. The molecule has 0 aromatic rings. The van der Waals surface area contributed by atoms with Gasteiger partial charge in [-0.3, -0.25) is 4.79 Å². The molecular weight excluding hydrogens is 683 g/mol. The molecule has 0 radical (unpaired) electrons. The van der Waals surface area contributed by atoms with Gasteiger partial charge in [-0.2, -0.15) is 0 Å². The molecular formula is C49H93NO5. The van der Waals surface area contributed by atoms with E-state index in [2.05, 4.69) is 55.6 Å². The lowest BCUT2D eigenvalue weighted by Gasteiger charge is -2.27. The maximum atomic E-state index is 12.5. The van der Waals surface area contributed by atoms with Crippen LogP contribution in [0.2, 0.25) is 0 Å². The van der Waals surface area contributed by atoms with Gasteiger partial charge >= 0.3 is 0 Å². The molecule has 5 N–H and O–H groups in total. The second-order valence-electron chi connectivity index (χ2n) is 16.4. The SMILES string of the molecule is CCCCCCCCCCC/C=C\CCCCCCCCC(O)C(=O)NC(CO)C(O)C(O)CCC/C=C/CC/C=C/CCCCCCCCCCCCC. The second-order valence-corrected chi connectivity index (χ2v) is 16.4. The Morgan fingerprint density at radius 2 is 0.764 bits per heavy atom. The summed E-state index contributed by atoms with van der Waals surface area (Å²) in [5.74, 6) is -0.602. The highest BCUT2D eigenvalue weighted by atomic mass is 16.3. The van der Waals surface area contributed by atoms with Crippen LogP contribution in [0.1, 0.15) is 239 Å². The third-order valence-corrected chi connectivity index (χ3v) is 11.1. The zero-order valence-corrected chi connectivity index (χ0v) is 36.4. The molecule has 6 nitrogen and oxygen atoms in total. The molecule has 0 aliphatic carbocycles. The zero-order valence-electron chi connectivity index (χ0n) is 36.4. The number of allylic oxidation sites excluding steroid dienone is 6. The molecule has 0 aliphatic heterocycles. The Bertz CT molecular complexity index is 873. The first-order valence-electron chi connectivity index (χ1n) is 23.9. The molecule has 0 rings (SSSR count). The van der Waals surface area contributed by atoms with Crippen molar-refractivity contribution in [1.82, 2.24) is 5.32 Å². The molecule has 4 atom stereocenters. The van der Waals surface area contributed by atoms with Crippen molar-refractivity contribution in [2.75, 3.05) is 6.61 Å². The van der Waals surface area contributed by atoms with E-state index in [4.69, 9.17) is 0 Å². The van der Waals surface area contributed by atoms with E-state index in [-0.39, 0.29) is 0 Å². The lowest BCUT2D eigenvalue weighted by molar-refractivity contribution is -0.132. The fourth-order valence-electron chi connectivity index (χ4n) is 7.24. The highest BCUT2D eigenvalue weighted by Gasteiger charge is 2.28. The molecule has 0 saturated heterocycles. The smallest absolute Gasteiger partial charge is 0.249 e. The van der Waals surface area contributed by atoms with Crippen LogP contribution in [0.15, 0.2) is 36.5 Å². The summed E-state index contributed by atoms with van der Waals surface area (Å²) in [4.78, 5) is 12.5. The average molecular weight is 776 g/mol. The number of amides is 1. The second kappa shape index (κ2) is 43.6. The number of nitrogens with one attached hydrogen (secondary N) is 1. The summed E-state index contributed by atoms with van der Waals surface area (Å²) < 4.78 is 0. The Morgan fingerprint density at radius 3 is 1.15 bits per heavy atom. The van der Waals surface area contributed by atoms with Gasteiger partial charge in [-0.05, 0) is 77.0 Å². The molecule has 324 valence electrons. The summed E-state index contributed by atoms with van der Waals surface area (Å²) in [6, 6.07) is -1.01. The highest BCUT2D eigenvalue weighted by Crippen LogP contribution is 2.15. The molecule has 0 aromatic carbocycles. The van der Waals surface area contributed by atoms with Crippen LogP contribution in [-0.2, 0) is 4.79 Å². The Balaban J connectivity index is 3.78. The number of hydrogen-bond acceptors (Lipinski definition) is 5. The third-order valence-electron chi connectivity index (χ3n) is 11.1. The number of carbonyl (C=O) groups excluding carboxylic acids is 1. The van der Waals surface area contributed by atoms with Crippen LogP contribution in [0.5, 0.6) is 0 Å². The fraction of sp³-hybridized carbons (Fsp3) is 0.857. The van der Waals surface area contributed by atoms with Crippen LogP contribution in [0, 0.1) is 0 Å². The largest absolute Gasteiger partial charge is 0.394 e. The minimum atomic E-state index is -1.29. The van der Waals surface area contributed by atoms with Crippen molar-refractivity contribution in [2.24, 2.45) is 0 Å². The molecule has 0 bridgehead atoms. The summed E-state index contributed by atoms with van der Waals surface area (Å²) in [6.07, 6.45) is 51.8. The summed E-state index contributed by atoms with van der Waals surface area (Å²) >= 11 is 0. The number of rotatable bonds is 43. The van der Waals surface area contributed by atoms with E-state index in [1.54, 1.807) is 0 Å². The van der Waals surface area contributed by atoms with Gasteiger partial charge < -0.3 is 25.7 Å². The van der Waals surface area contributed by atoms with Crippen molar-refractivity contribution in [3.8, 4) is 0 Å². The van der Waals surface area contributed by atoms with Crippen LogP contribution >= 0.6 is 0 Å². The standard InChI is InChI=1S/C49H93NO5/c1-3-5-7-9-11-13-15-17-19-21-23-25-26-28-30-32-34-36-38-40-42-46(52)48(54)45(44-51)50-49(55)47(53)43-41-39-37-35-33-31-29-27-24-22-20-18-16-14-12-10-8-6-4-2/h24,26-28,34,36,45-48,51-54H,3-23,25,29-33,35,37-44H2,1-2H3,(H,50,55)/b27-24-,28-26+,36-34+. The van der Waals surface area contributed by atoms with Crippen LogP contribution in [0.25, 0.3) is 0 Å². The summed E-state index contributed by atoms with van der Waals surface area (Å²) in [5.41, 5.74) is 0. The average Bonchev–Trinajstić information content (AvgIpc) is 3.19. The molecule has 0 aliphatic rings. The van der Waals surface area contributed by atoms with Gasteiger partial charge in [0, 0.05) is 0 Å². The minimum Gasteiger partial charge on any atom is -0.394 e. The third kappa shape index (κ3) is 37.8. The van der Waals surface area contributed by atoms with E-state index >= 15 is 0 Å². The van der Waals surface area contributed by atoms with Crippen molar-refractivity contribution in [2.45, 2.75) is 263 Å². The summed E-state index contributed by atoms with van der Waals surface area (Å²) in [6.45, 7) is 4.04. The predicted molar refractivity (Wildman–Crippen MR) is 237 cm³/mol. The van der Waals surface area contributed by atoms with Crippen molar-refractivity contribution in [1.29, 1.82) is 0 Å². The maximum Gasteiger partial charge on any atom is 0.249 e. The summed E-state index contributed by atoms with van der Waals surface area (Å²) in [7, 11) is 0. The Labute approximate surface area is 341 Å². The molecule has 55 heavy (non-hydrogen) atoms. The number of aliphatic hydroxyl groups is 4. The maximum absolute atomic E-state index is 12.5. The van der Waals surface area contributed by atoms with Gasteiger partial charge in [0.2, 0.25) is 5.91 Å². The zero-order chi connectivity index (χ0) is 40.3. The van der Waals surface area contributed by atoms with Crippen molar-refractivity contribution < 1.29 is 25.2 Å². The van der Waals surface area contributed by atoms with Crippen LogP contribution < -0.4 is 5.32 Å². The molecule has 6 heteroatoms. The van der Waals surface area contributed by atoms with Gasteiger partial charge in [0.05, 0.1) is 18.8 Å². The van der Waals surface area contributed by atoms with Crippen molar-refractivity contribution >= 4 is 5.91 Å². The highest BCUT2D eigenvalue weighted by molar-refractivity contribution is 5.80. The Hall–Kier alpha value is -1.47. The molecule has 0 saturated carbocycles. The summed E-state index contributed by atoms with van der Waals surface area (Å²) in [5, 5.41) is 43.7. The molecule has 0 aromatic heterocycles. The van der Waals surface area contributed by atoms with Gasteiger partial charge in [-0.1, -0.05) is 198 Å². The lowest BCUT2D eigenvalue weighted by Crippen LogP contribution is -2.53. The van der Waals surface area contributed by atoms with Gasteiger partial charge in [0.25, 0.3) is 0 Å². The number of unbranched alkanes of at least 4 members (excludes halogenated alkanes) is 28.